The lowest BCUT2D eigenvalue weighted by atomic mass is 9.78. The van der Waals surface area contributed by atoms with Crippen molar-refractivity contribution in [2.24, 2.45) is 5.92 Å². The van der Waals surface area contributed by atoms with Gasteiger partial charge in [0.05, 0.1) is 0 Å². The second-order valence-corrected chi connectivity index (χ2v) is 3.71. The molecule has 3 rings (SSSR count). The maximum Gasteiger partial charge on any atom is 0.0104 e. The molecule has 1 unspecified atom stereocenters. The van der Waals surface area contributed by atoms with Crippen LogP contribution in [0.2, 0.25) is 0 Å². The van der Waals surface area contributed by atoms with Crippen molar-refractivity contribution in [1.82, 2.24) is 0 Å². The summed E-state index contributed by atoms with van der Waals surface area (Å²) in [7, 11) is 0. The topological polar surface area (TPSA) is 0 Å². The van der Waals surface area contributed by atoms with E-state index in [1.165, 1.54) is 29.6 Å². The van der Waals surface area contributed by atoms with Crippen molar-refractivity contribution in [3.63, 3.8) is 0 Å². The average molecular weight is 167 g/mol. The highest BCUT2D eigenvalue weighted by Crippen LogP contribution is 2.39. The molecule has 0 heterocycles. The SMILES string of the molecule is [C]1=C2C(=CC=C3C=CCCC23)C=C1. The van der Waals surface area contributed by atoms with Gasteiger partial charge in [-0.15, -0.1) is 0 Å². The quantitative estimate of drug-likeness (QED) is 0.520. The lowest BCUT2D eigenvalue weighted by Gasteiger charge is -2.26. The maximum absolute atomic E-state index is 3.35. The Bertz CT molecular complexity index is 386. The molecule has 1 radical (unpaired) electrons. The van der Waals surface area contributed by atoms with E-state index in [1.54, 1.807) is 0 Å². The molecule has 63 valence electrons. The minimum absolute atomic E-state index is 0.625. The molecule has 0 heteroatoms. The van der Waals surface area contributed by atoms with Crippen molar-refractivity contribution in [2.75, 3.05) is 0 Å². The monoisotopic (exact) mass is 167 g/mol. The Hall–Kier alpha value is -1.30. The van der Waals surface area contributed by atoms with E-state index in [9.17, 15) is 0 Å². The number of hydrogen-bond acceptors (Lipinski definition) is 0. The van der Waals surface area contributed by atoms with Crippen LogP contribution in [0.1, 0.15) is 12.8 Å². The van der Waals surface area contributed by atoms with Crippen LogP contribution in [-0.4, -0.2) is 0 Å². The Morgan fingerprint density at radius 3 is 3.23 bits per heavy atom. The van der Waals surface area contributed by atoms with Crippen LogP contribution in [0.4, 0.5) is 0 Å². The fourth-order valence-corrected chi connectivity index (χ4v) is 2.28. The molecule has 0 amide bonds. The highest BCUT2D eigenvalue weighted by Gasteiger charge is 2.24. The van der Waals surface area contributed by atoms with Gasteiger partial charge >= 0.3 is 0 Å². The van der Waals surface area contributed by atoms with Gasteiger partial charge < -0.3 is 0 Å². The number of allylic oxidation sites excluding steroid dienone is 10. The molecule has 0 spiro atoms. The summed E-state index contributed by atoms with van der Waals surface area (Å²) in [6.45, 7) is 0. The van der Waals surface area contributed by atoms with Gasteiger partial charge in [0, 0.05) is 5.92 Å². The third kappa shape index (κ3) is 0.983. The maximum atomic E-state index is 3.35. The van der Waals surface area contributed by atoms with E-state index in [0.717, 1.165) is 0 Å². The minimum atomic E-state index is 0.625. The van der Waals surface area contributed by atoms with E-state index in [2.05, 4.69) is 36.5 Å². The first-order chi connectivity index (χ1) is 6.45. The summed E-state index contributed by atoms with van der Waals surface area (Å²) in [5.41, 5.74) is 4.23. The molecule has 0 nitrogen and oxygen atoms in total. The molecule has 3 aliphatic rings. The molecule has 0 aromatic rings. The summed E-state index contributed by atoms with van der Waals surface area (Å²) in [6, 6.07) is 0. The van der Waals surface area contributed by atoms with Crippen LogP contribution in [0.3, 0.4) is 0 Å². The Morgan fingerprint density at radius 1 is 1.23 bits per heavy atom. The Balaban J connectivity index is 2.10. The van der Waals surface area contributed by atoms with Crippen molar-refractivity contribution in [1.29, 1.82) is 0 Å². The van der Waals surface area contributed by atoms with Crippen LogP contribution in [0, 0.1) is 12.0 Å². The van der Waals surface area contributed by atoms with Crippen LogP contribution in [0.25, 0.3) is 0 Å². The molecular weight excluding hydrogens is 156 g/mol. The van der Waals surface area contributed by atoms with Gasteiger partial charge in [-0.2, -0.15) is 0 Å². The highest BCUT2D eigenvalue weighted by atomic mass is 14.3. The zero-order valence-electron chi connectivity index (χ0n) is 7.46. The van der Waals surface area contributed by atoms with Crippen molar-refractivity contribution < 1.29 is 0 Å². The molecule has 1 atom stereocenters. The Morgan fingerprint density at radius 2 is 2.23 bits per heavy atom. The lowest BCUT2D eigenvalue weighted by Crippen LogP contribution is -2.12. The standard InChI is InChI=1S/C13H11/c1-2-6-12-10(4-1)8-9-11-5-3-7-13(11)12/h1,3-5,8-9,12H,2,6H2. The van der Waals surface area contributed by atoms with Gasteiger partial charge in [-0.25, -0.2) is 0 Å². The summed E-state index contributed by atoms with van der Waals surface area (Å²) < 4.78 is 0. The van der Waals surface area contributed by atoms with Gasteiger partial charge in [-0.05, 0) is 35.6 Å². The Kier molecular flexibility index (Phi) is 1.42. The minimum Gasteiger partial charge on any atom is -0.0842 e. The smallest absolute Gasteiger partial charge is 0.0104 e. The number of rotatable bonds is 0. The lowest BCUT2D eigenvalue weighted by molar-refractivity contribution is 0.646. The van der Waals surface area contributed by atoms with E-state index in [4.69, 9.17) is 0 Å². The van der Waals surface area contributed by atoms with Gasteiger partial charge in [0.25, 0.3) is 0 Å². The van der Waals surface area contributed by atoms with Gasteiger partial charge in [0.15, 0.2) is 0 Å². The first-order valence-electron chi connectivity index (χ1n) is 4.84. The summed E-state index contributed by atoms with van der Waals surface area (Å²) in [6.07, 6.45) is 19.0. The summed E-state index contributed by atoms with van der Waals surface area (Å²) in [5.74, 6) is 0.625. The van der Waals surface area contributed by atoms with Crippen LogP contribution in [-0.2, 0) is 0 Å². The van der Waals surface area contributed by atoms with E-state index < -0.39 is 0 Å². The predicted octanol–water partition coefficient (Wildman–Crippen LogP) is 3.12. The molecule has 0 fully saturated rings. The largest absolute Gasteiger partial charge is 0.0842 e. The summed E-state index contributed by atoms with van der Waals surface area (Å²) >= 11 is 0. The van der Waals surface area contributed by atoms with Crippen LogP contribution < -0.4 is 0 Å². The zero-order valence-corrected chi connectivity index (χ0v) is 7.46. The van der Waals surface area contributed by atoms with E-state index in [-0.39, 0.29) is 0 Å². The fraction of sp³-hybridized carbons (Fsp3) is 0.231. The first-order valence-corrected chi connectivity index (χ1v) is 4.84. The zero-order chi connectivity index (χ0) is 8.67. The second-order valence-electron chi connectivity index (χ2n) is 3.71. The van der Waals surface area contributed by atoms with Crippen LogP contribution in [0.5, 0.6) is 0 Å². The average Bonchev–Trinajstić information content (AvgIpc) is 2.65. The third-order valence-corrected chi connectivity index (χ3v) is 2.95. The van der Waals surface area contributed by atoms with Gasteiger partial charge in [0.2, 0.25) is 0 Å². The molecular formula is C13H11. The molecule has 0 saturated carbocycles. The number of fused-ring (bicyclic) bond motifs is 3. The molecule has 0 N–H and O–H groups in total. The van der Waals surface area contributed by atoms with Gasteiger partial charge in [0.1, 0.15) is 0 Å². The van der Waals surface area contributed by atoms with Gasteiger partial charge in [-0.1, -0.05) is 36.5 Å². The first kappa shape index (κ1) is 7.14. The molecule has 3 aliphatic carbocycles. The molecule has 0 aliphatic heterocycles. The summed E-state index contributed by atoms with van der Waals surface area (Å²) in [5, 5.41) is 0. The van der Waals surface area contributed by atoms with Crippen molar-refractivity contribution in [3.8, 4) is 0 Å². The normalized spacial score (nSPS) is 28.9. The van der Waals surface area contributed by atoms with Crippen LogP contribution >= 0.6 is 0 Å². The molecule has 0 aromatic carbocycles. The van der Waals surface area contributed by atoms with Crippen LogP contribution in [0.15, 0.2) is 53.2 Å². The van der Waals surface area contributed by atoms with Crippen molar-refractivity contribution in [3.05, 3.63) is 59.3 Å². The van der Waals surface area contributed by atoms with E-state index in [0.29, 0.717) is 5.92 Å². The summed E-state index contributed by atoms with van der Waals surface area (Å²) in [4.78, 5) is 0. The predicted molar refractivity (Wildman–Crippen MR) is 53.9 cm³/mol. The third-order valence-electron chi connectivity index (χ3n) is 2.95. The Labute approximate surface area is 78.7 Å². The fourth-order valence-electron chi connectivity index (χ4n) is 2.28. The molecule has 13 heavy (non-hydrogen) atoms. The molecule has 0 aromatic heterocycles. The number of hydrogen-bond donors (Lipinski definition) is 0. The second kappa shape index (κ2) is 2.59. The van der Waals surface area contributed by atoms with Crippen molar-refractivity contribution >= 4 is 0 Å². The van der Waals surface area contributed by atoms with Crippen molar-refractivity contribution in [2.45, 2.75) is 12.8 Å². The van der Waals surface area contributed by atoms with E-state index >= 15 is 0 Å². The molecule has 0 saturated heterocycles. The molecule has 0 bridgehead atoms. The highest BCUT2D eigenvalue weighted by molar-refractivity contribution is 5.56. The van der Waals surface area contributed by atoms with Gasteiger partial charge in [-0.3, -0.25) is 0 Å². The van der Waals surface area contributed by atoms with E-state index in [1.807, 2.05) is 6.08 Å².